The summed E-state index contributed by atoms with van der Waals surface area (Å²) in [6.45, 7) is 4.18. The Balaban J connectivity index is 2.08. The minimum absolute atomic E-state index is 0.116. The van der Waals surface area contributed by atoms with Crippen molar-refractivity contribution in [2.75, 3.05) is 0 Å². The van der Waals surface area contributed by atoms with Crippen LogP contribution in [0.15, 0.2) is 52.3 Å². The van der Waals surface area contributed by atoms with Crippen LogP contribution in [-0.2, 0) is 12.8 Å². The lowest BCUT2D eigenvalue weighted by Crippen LogP contribution is -2.15. The molecule has 0 bridgehead atoms. The summed E-state index contributed by atoms with van der Waals surface area (Å²) in [5.74, 6) is 0. The summed E-state index contributed by atoms with van der Waals surface area (Å²) in [4.78, 5) is 19.3. The predicted molar refractivity (Wildman–Crippen MR) is 114 cm³/mol. The molecule has 0 fully saturated rings. The lowest BCUT2D eigenvalue weighted by molar-refractivity contribution is 1.14. The van der Waals surface area contributed by atoms with E-state index in [9.17, 15) is 10.1 Å². The van der Waals surface area contributed by atoms with Crippen LogP contribution in [0.1, 0.15) is 40.9 Å². The lowest BCUT2D eigenvalue weighted by atomic mass is 9.99. The van der Waals surface area contributed by atoms with E-state index >= 15 is 0 Å². The van der Waals surface area contributed by atoms with Crippen molar-refractivity contribution in [1.82, 2.24) is 4.98 Å². The van der Waals surface area contributed by atoms with Gasteiger partial charge in [0, 0.05) is 22.7 Å². The Kier molecular flexibility index (Phi) is 5.88. The number of nitrogens with zero attached hydrogens (tertiary/aromatic N) is 2. The van der Waals surface area contributed by atoms with Gasteiger partial charge in [-0.25, -0.2) is 0 Å². The summed E-state index contributed by atoms with van der Waals surface area (Å²) in [7, 11) is 0. The van der Waals surface area contributed by atoms with Gasteiger partial charge in [0.2, 0.25) is 0 Å². The van der Waals surface area contributed by atoms with Gasteiger partial charge in [-0.2, -0.15) is 5.26 Å². The first-order chi connectivity index (χ1) is 13.1. The number of halogens is 1. The van der Waals surface area contributed by atoms with Crippen LogP contribution in [-0.4, -0.2) is 11.2 Å². The fourth-order valence-electron chi connectivity index (χ4n) is 3.03. The molecular weight excluding hydrogens is 402 g/mol. The maximum Gasteiger partial charge on any atom is 0.266 e. The van der Waals surface area contributed by atoms with Crippen LogP contribution in [0.25, 0.3) is 10.9 Å². The van der Waals surface area contributed by atoms with Gasteiger partial charge >= 0.3 is 0 Å². The molecule has 1 heterocycles. The van der Waals surface area contributed by atoms with E-state index in [1.807, 2.05) is 42.5 Å². The molecule has 0 aliphatic heterocycles. The highest BCUT2D eigenvalue weighted by molar-refractivity contribution is 9.09. The summed E-state index contributed by atoms with van der Waals surface area (Å²) in [5.41, 5.74) is 4.34. The van der Waals surface area contributed by atoms with E-state index < -0.39 is 0 Å². The number of rotatable bonds is 5. The van der Waals surface area contributed by atoms with Crippen molar-refractivity contribution in [2.45, 2.75) is 31.5 Å². The number of aromatic amines is 1. The molecule has 0 saturated carbocycles. The summed E-state index contributed by atoms with van der Waals surface area (Å²) >= 11 is 3.61. The summed E-state index contributed by atoms with van der Waals surface area (Å²) in [5, 5.41) is 10.4. The maximum atomic E-state index is 12.3. The molecule has 0 spiro atoms. The molecule has 1 atom stereocenters. The quantitative estimate of drug-likeness (QED) is 0.444. The molecule has 0 saturated heterocycles. The number of aliphatic imine (C=N–C) groups is 1. The highest BCUT2D eigenvalue weighted by Crippen LogP contribution is 2.31. The molecule has 5 heteroatoms. The number of aryl methyl sites for hydroxylation is 2. The molecular formula is C22H20BrN3O. The Morgan fingerprint density at radius 3 is 2.44 bits per heavy atom. The standard InChI is InChI=1S/C22H20BrN3O/c1-3-14-5-8-16(9-6-14)25-13-19(23)21-17-11-15(4-2)7-10-20(17)26-22(27)18(21)12-24/h5-11,13,19H,3-4H2,1-2H3,(H,26,27). The zero-order chi connectivity index (χ0) is 19.4. The third-order valence-corrected chi connectivity index (χ3v) is 5.31. The number of nitriles is 1. The van der Waals surface area contributed by atoms with E-state index in [-0.39, 0.29) is 15.9 Å². The van der Waals surface area contributed by atoms with Gasteiger partial charge in [-0.3, -0.25) is 9.79 Å². The number of hydrogen-bond acceptors (Lipinski definition) is 3. The number of fused-ring (bicyclic) bond motifs is 1. The Morgan fingerprint density at radius 1 is 1.15 bits per heavy atom. The molecule has 0 aliphatic carbocycles. The smallest absolute Gasteiger partial charge is 0.266 e. The Bertz CT molecular complexity index is 1090. The third kappa shape index (κ3) is 4.01. The van der Waals surface area contributed by atoms with E-state index in [1.165, 1.54) is 5.56 Å². The topological polar surface area (TPSA) is 69.0 Å². The zero-order valence-corrected chi connectivity index (χ0v) is 16.9. The number of aromatic nitrogens is 1. The SMILES string of the molecule is CCc1ccc(N=CC(Br)c2c(C#N)c(=O)[nH]c3ccc(CC)cc23)cc1. The maximum absolute atomic E-state index is 12.3. The van der Waals surface area contributed by atoms with Gasteiger partial charge in [0.15, 0.2) is 0 Å². The monoisotopic (exact) mass is 421 g/mol. The molecule has 4 nitrogen and oxygen atoms in total. The molecule has 0 radical (unpaired) electrons. The molecule has 3 rings (SSSR count). The Hall–Kier alpha value is -2.71. The summed E-state index contributed by atoms with van der Waals surface area (Å²) < 4.78 is 0. The molecule has 1 unspecified atom stereocenters. The normalized spacial score (nSPS) is 12.4. The van der Waals surface area contributed by atoms with Crippen molar-refractivity contribution in [1.29, 1.82) is 5.26 Å². The molecule has 1 N–H and O–H groups in total. The van der Waals surface area contributed by atoms with E-state index in [1.54, 1.807) is 6.21 Å². The molecule has 1 aromatic heterocycles. The van der Waals surface area contributed by atoms with Crippen LogP contribution in [0, 0.1) is 11.3 Å². The van der Waals surface area contributed by atoms with Crippen molar-refractivity contribution >= 4 is 38.7 Å². The number of H-pyrrole nitrogens is 1. The second-order valence-electron chi connectivity index (χ2n) is 6.29. The fourth-order valence-corrected chi connectivity index (χ4v) is 3.62. The van der Waals surface area contributed by atoms with E-state index in [2.05, 4.69) is 45.8 Å². The van der Waals surface area contributed by atoms with Crippen LogP contribution in [0.3, 0.4) is 0 Å². The van der Waals surface area contributed by atoms with Crippen LogP contribution >= 0.6 is 15.9 Å². The average molecular weight is 422 g/mol. The Morgan fingerprint density at radius 2 is 1.81 bits per heavy atom. The van der Waals surface area contributed by atoms with Crippen LogP contribution in [0.2, 0.25) is 0 Å². The first kappa shape index (κ1) is 19.1. The third-order valence-electron chi connectivity index (χ3n) is 4.61. The summed E-state index contributed by atoms with van der Waals surface area (Å²) in [6, 6.07) is 16.0. The number of benzene rings is 2. The van der Waals surface area contributed by atoms with E-state index in [4.69, 9.17) is 0 Å². The number of hydrogen-bond donors (Lipinski definition) is 1. The first-order valence-corrected chi connectivity index (χ1v) is 9.85. The van der Waals surface area contributed by atoms with Gasteiger partial charge < -0.3 is 4.98 Å². The van der Waals surface area contributed by atoms with Gasteiger partial charge in [-0.1, -0.05) is 48.0 Å². The van der Waals surface area contributed by atoms with Gasteiger partial charge in [0.05, 0.1) is 10.5 Å². The lowest BCUT2D eigenvalue weighted by Gasteiger charge is -2.12. The number of alkyl halides is 1. The number of nitrogens with one attached hydrogen (secondary N) is 1. The zero-order valence-electron chi connectivity index (χ0n) is 15.3. The van der Waals surface area contributed by atoms with Gasteiger partial charge in [-0.15, -0.1) is 0 Å². The van der Waals surface area contributed by atoms with Crippen LogP contribution < -0.4 is 5.56 Å². The second kappa shape index (κ2) is 8.32. The molecule has 136 valence electrons. The van der Waals surface area contributed by atoms with E-state index in [0.717, 1.165) is 35.0 Å². The van der Waals surface area contributed by atoms with Crippen LogP contribution in [0.4, 0.5) is 5.69 Å². The highest BCUT2D eigenvalue weighted by Gasteiger charge is 2.18. The highest BCUT2D eigenvalue weighted by atomic mass is 79.9. The fraction of sp³-hybridized carbons (Fsp3) is 0.227. The largest absolute Gasteiger partial charge is 0.321 e. The number of pyridine rings is 1. The molecule has 2 aromatic carbocycles. The van der Waals surface area contributed by atoms with Crippen molar-refractivity contribution < 1.29 is 0 Å². The van der Waals surface area contributed by atoms with Gasteiger partial charge in [-0.05, 0) is 48.2 Å². The van der Waals surface area contributed by atoms with Crippen molar-refractivity contribution in [3.05, 3.63) is 75.1 Å². The van der Waals surface area contributed by atoms with Crippen molar-refractivity contribution in [2.24, 2.45) is 4.99 Å². The molecule has 3 aromatic rings. The minimum atomic E-state index is -0.380. The first-order valence-electron chi connectivity index (χ1n) is 8.93. The predicted octanol–water partition coefficient (Wildman–Crippen LogP) is 5.36. The van der Waals surface area contributed by atoms with E-state index in [0.29, 0.717) is 5.56 Å². The minimum Gasteiger partial charge on any atom is -0.321 e. The average Bonchev–Trinajstić information content (AvgIpc) is 2.71. The molecule has 0 amide bonds. The van der Waals surface area contributed by atoms with Crippen molar-refractivity contribution in [3.8, 4) is 6.07 Å². The van der Waals surface area contributed by atoms with Crippen LogP contribution in [0.5, 0.6) is 0 Å². The van der Waals surface area contributed by atoms with Gasteiger partial charge in [0.25, 0.3) is 5.56 Å². The molecule has 0 aliphatic rings. The molecule has 27 heavy (non-hydrogen) atoms. The van der Waals surface area contributed by atoms with Gasteiger partial charge in [0.1, 0.15) is 11.6 Å². The van der Waals surface area contributed by atoms with Crippen molar-refractivity contribution in [3.63, 3.8) is 0 Å². The second-order valence-corrected chi connectivity index (χ2v) is 7.27. The summed E-state index contributed by atoms with van der Waals surface area (Å²) in [6.07, 6.45) is 3.59. The Labute approximate surface area is 166 Å².